The molecule has 0 aliphatic rings. The number of carbonyl (C=O) groups excluding carboxylic acids is 1. The van der Waals surface area contributed by atoms with Crippen LogP contribution in [0, 0.1) is 6.92 Å². The number of ether oxygens (including phenoxy) is 1. The minimum absolute atomic E-state index is 0.286. The number of rotatable bonds is 7. The van der Waals surface area contributed by atoms with Crippen molar-refractivity contribution in [1.29, 1.82) is 0 Å². The molecule has 0 fully saturated rings. The summed E-state index contributed by atoms with van der Waals surface area (Å²) in [5.74, 6) is 0.875. The molecule has 0 atom stereocenters. The van der Waals surface area contributed by atoms with Gasteiger partial charge in [-0.25, -0.2) is 9.97 Å². The van der Waals surface area contributed by atoms with Crippen LogP contribution in [0.1, 0.15) is 27.3 Å². The van der Waals surface area contributed by atoms with Crippen molar-refractivity contribution in [2.24, 2.45) is 0 Å². The Kier molecular flexibility index (Phi) is 6.45. The second-order valence-electron chi connectivity index (χ2n) is 6.16. The maximum absolute atomic E-state index is 12.5. The predicted molar refractivity (Wildman–Crippen MR) is 110 cm³/mol. The van der Waals surface area contributed by atoms with Gasteiger partial charge in [0.2, 0.25) is 5.95 Å². The van der Waals surface area contributed by atoms with Gasteiger partial charge in [-0.3, -0.25) is 4.79 Å². The lowest BCUT2D eigenvalue weighted by Gasteiger charge is -2.11. The topological polar surface area (TPSA) is 76.1 Å². The lowest BCUT2D eigenvalue weighted by molar-refractivity contribution is 0.0945. The third-order valence-electron chi connectivity index (χ3n) is 4.11. The van der Waals surface area contributed by atoms with Crippen molar-refractivity contribution >= 4 is 23.5 Å². The third-order valence-corrected chi connectivity index (χ3v) is 4.48. The monoisotopic (exact) mass is 396 g/mol. The van der Waals surface area contributed by atoms with Crippen LogP contribution in [0.5, 0.6) is 5.75 Å². The van der Waals surface area contributed by atoms with Gasteiger partial charge in [0.15, 0.2) is 0 Å². The molecule has 2 aromatic carbocycles. The average Bonchev–Trinajstić information content (AvgIpc) is 2.71. The summed E-state index contributed by atoms with van der Waals surface area (Å²) in [4.78, 5) is 21.2. The number of benzene rings is 2. The molecule has 7 heteroatoms. The van der Waals surface area contributed by atoms with E-state index in [1.165, 1.54) is 0 Å². The Morgan fingerprint density at radius 2 is 1.75 bits per heavy atom. The fourth-order valence-corrected chi connectivity index (χ4v) is 2.90. The first-order chi connectivity index (χ1) is 13.6. The van der Waals surface area contributed by atoms with E-state index in [0.717, 1.165) is 16.9 Å². The van der Waals surface area contributed by atoms with Gasteiger partial charge in [-0.1, -0.05) is 48.0 Å². The smallest absolute Gasteiger partial charge is 0.270 e. The molecule has 0 saturated carbocycles. The van der Waals surface area contributed by atoms with E-state index in [0.29, 0.717) is 35.4 Å². The number of hydrogen-bond donors (Lipinski definition) is 2. The van der Waals surface area contributed by atoms with Gasteiger partial charge in [-0.05, 0) is 30.7 Å². The van der Waals surface area contributed by atoms with Gasteiger partial charge in [0.05, 0.1) is 7.11 Å². The van der Waals surface area contributed by atoms with Crippen LogP contribution in [-0.4, -0.2) is 23.0 Å². The highest BCUT2D eigenvalue weighted by Crippen LogP contribution is 2.18. The van der Waals surface area contributed by atoms with Gasteiger partial charge < -0.3 is 15.4 Å². The van der Waals surface area contributed by atoms with Gasteiger partial charge in [0.1, 0.15) is 11.4 Å². The van der Waals surface area contributed by atoms with Gasteiger partial charge in [-0.15, -0.1) is 0 Å². The average molecular weight is 397 g/mol. The summed E-state index contributed by atoms with van der Waals surface area (Å²) in [5.41, 5.74) is 2.81. The van der Waals surface area contributed by atoms with E-state index in [9.17, 15) is 4.79 Å². The van der Waals surface area contributed by atoms with Crippen LogP contribution < -0.4 is 15.4 Å². The summed E-state index contributed by atoms with van der Waals surface area (Å²) >= 11 is 6.13. The van der Waals surface area contributed by atoms with Crippen LogP contribution in [-0.2, 0) is 13.1 Å². The minimum Gasteiger partial charge on any atom is -0.496 e. The molecule has 1 aromatic heterocycles. The number of para-hydroxylation sites is 1. The molecule has 3 rings (SSSR count). The highest BCUT2D eigenvalue weighted by molar-refractivity contribution is 6.31. The van der Waals surface area contributed by atoms with Crippen molar-refractivity contribution in [3.8, 4) is 5.75 Å². The molecule has 1 heterocycles. The van der Waals surface area contributed by atoms with Crippen molar-refractivity contribution in [1.82, 2.24) is 15.3 Å². The van der Waals surface area contributed by atoms with Crippen molar-refractivity contribution < 1.29 is 9.53 Å². The molecule has 0 bridgehead atoms. The number of nitrogens with zero attached hydrogens (tertiary/aromatic N) is 2. The third kappa shape index (κ3) is 4.98. The van der Waals surface area contributed by atoms with Crippen LogP contribution in [0.3, 0.4) is 0 Å². The van der Waals surface area contributed by atoms with E-state index in [4.69, 9.17) is 16.3 Å². The molecule has 2 N–H and O–H groups in total. The lowest BCUT2D eigenvalue weighted by atomic mass is 10.2. The SMILES string of the molecule is COc1ccccc1CNc1nc(C)cc(C(=O)NCc2ccccc2Cl)n1. The standard InChI is InChI=1S/C21H21ClN4O2/c1-14-11-18(20(27)23-12-15-7-3-5-9-17(15)22)26-21(25-14)24-13-16-8-4-6-10-19(16)28-2/h3-11H,12-13H2,1-2H3,(H,23,27)(H,24,25,26). The maximum Gasteiger partial charge on any atom is 0.270 e. The Labute approximate surface area is 168 Å². The van der Waals surface area contributed by atoms with Gasteiger partial charge in [0, 0.05) is 29.4 Å². The number of methoxy groups -OCH3 is 1. The fourth-order valence-electron chi connectivity index (χ4n) is 2.70. The number of halogens is 1. The maximum atomic E-state index is 12.5. The normalized spacial score (nSPS) is 10.4. The molecule has 0 spiro atoms. The second-order valence-corrected chi connectivity index (χ2v) is 6.56. The van der Waals surface area contributed by atoms with E-state index >= 15 is 0 Å². The van der Waals surface area contributed by atoms with E-state index < -0.39 is 0 Å². The summed E-state index contributed by atoms with van der Waals surface area (Å²) in [6.07, 6.45) is 0. The molecule has 0 saturated heterocycles. The number of nitrogens with one attached hydrogen (secondary N) is 2. The summed E-state index contributed by atoms with van der Waals surface area (Å²) in [6, 6.07) is 16.7. The highest BCUT2D eigenvalue weighted by atomic mass is 35.5. The molecule has 6 nitrogen and oxygen atoms in total. The van der Waals surface area contributed by atoms with E-state index in [1.807, 2.05) is 49.4 Å². The Balaban J connectivity index is 1.68. The number of hydrogen-bond acceptors (Lipinski definition) is 5. The largest absolute Gasteiger partial charge is 0.496 e. The first-order valence-electron chi connectivity index (χ1n) is 8.80. The number of aromatic nitrogens is 2. The minimum atomic E-state index is -0.286. The summed E-state index contributed by atoms with van der Waals surface area (Å²) in [6.45, 7) is 2.63. The molecular formula is C21H21ClN4O2. The van der Waals surface area contributed by atoms with Crippen LogP contribution in [0.15, 0.2) is 54.6 Å². The second kappa shape index (κ2) is 9.19. The van der Waals surface area contributed by atoms with Crippen LogP contribution in [0.2, 0.25) is 5.02 Å². The first kappa shape index (κ1) is 19.6. The van der Waals surface area contributed by atoms with Crippen LogP contribution in [0.4, 0.5) is 5.95 Å². The molecule has 28 heavy (non-hydrogen) atoms. The van der Waals surface area contributed by atoms with Gasteiger partial charge in [-0.2, -0.15) is 0 Å². The molecule has 0 radical (unpaired) electrons. The van der Waals surface area contributed by atoms with Crippen molar-refractivity contribution in [2.75, 3.05) is 12.4 Å². The van der Waals surface area contributed by atoms with E-state index in [2.05, 4.69) is 20.6 Å². The highest BCUT2D eigenvalue weighted by Gasteiger charge is 2.12. The lowest BCUT2D eigenvalue weighted by Crippen LogP contribution is -2.24. The molecule has 1 amide bonds. The Hall–Kier alpha value is -3.12. The molecule has 0 aliphatic carbocycles. The molecule has 3 aromatic rings. The number of carbonyl (C=O) groups is 1. The summed E-state index contributed by atoms with van der Waals surface area (Å²) in [5, 5.41) is 6.60. The van der Waals surface area contributed by atoms with Gasteiger partial charge >= 0.3 is 0 Å². The van der Waals surface area contributed by atoms with Crippen molar-refractivity contribution in [3.63, 3.8) is 0 Å². The zero-order valence-electron chi connectivity index (χ0n) is 15.7. The van der Waals surface area contributed by atoms with Gasteiger partial charge in [0.25, 0.3) is 5.91 Å². The summed E-state index contributed by atoms with van der Waals surface area (Å²) < 4.78 is 5.35. The quantitative estimate of drug-likeness (QED) is 0.631. The number of amides is 1. The molecule has 0 unspecified atom stereocenters. The molecule has 0 aliphatic heterocycles. The van der Waals surface area contributed by atoms with Crippen molar-refractivity contribution in [2.45, 2.75) is 20.0 Å². The number of aryl methyl sites for hydroxylation is 1. The Morgan fingerprint density at radius 1 is 1.04 bits per heavy atom. The summed E-state index contributed by atoms with van der Waals surface area (Å²) in [7, 11) is 1.63. The van der Waals surface area contributed by atoms with Crippen LogP contribution in [0.25, 0.3) is 0 Å². The first-order valence-corrected chi connectivity index (χ1v) is 9.17. The zero-order chi connectivity index (χ0) is 19.9. The predicted octanol–water partition coefficient (Wildman–Crippen LogP) is 3.99. The zero-order valence-corrected chi connectivity index (χ0v) is 16.5. The Morgan fingerprint density at radius 3 is 2.50 bits per heavy atom. The molecular weight excluding hydrogens is 376 g/mol. The van der Waals surface area contributed by atoms with Crippen molar-refractivity contribution in [3.05, 3.63) is 82.1 Å². The molecule has 144 valence electrons. The fraction of sp³-hybridized carbons (Fsp3) is 0.190. The Bertz CT molecular complexity index is 978. The van der Waals surface area contributed by atoms with E-state index in [1.54, 1.807) is 19.2 Å². The van der Waals surface area contributed by atoms with Crippen LogP contribution >= 0.6 is 11.6 Å². The number of anilines is 1. The van der Waals surface area contributed by atoms with E-state index in [-0.39, 0.29) is 5.91 Å².